The highest BCUT2D eigenvalue weighted by Gasteiger charge is 2.16. The van der Waals surface area contributed by atoms with E-state index in [4.69, 9.17) is 11.6 Å². The predicted molar refractivity (Wildman–Crippen MR) is 100 cm³/mol. The van der Waals surface area contributed by atoms with Crippen molar-refractivity contribution in [2.45, 2.75) is 6.42 Å². The molecule has 0 aromatic heterocycles. The molecule has 3 nitrogen and oxygen atoms in total. The lowest BCUT2D eigenvalue weighted by Gasteiger charge is -2.11. The van der Waals surface area contributed by atoms with Gasteiger partial charge in [0.25, 0.3) is 0 Å². The molecule has 0 saturated heterocycles. The Morgan fingerprint density at radius 2 is 1.62 bits per heavy atom. The van der Waals surface area contributed by atoms with Crippen LogP contribution in [0.5, 0.6) is 0 Å². The summed E-state index contributed by atoms with van der Waals surface area (Å²) in [6, 6.07) is 19.2. The number of hydrogen-bond donors (Lipinski definition) is 1. The maximum atomic E-state index is 13.0. The van der Waals surface area contributed by atoms with Gasteiger partial charge in [0.2, 0.25) is 5.91 Å². The molecule has 3 aromatic rings. The van der Waals surface area contributed by atoms with E-state index < -0.39 is 0 Å². The first-order valence-electron chi connectivity index (χ1n) is 7.96. The largest absolute Gasteiger partial charge is 0.325 e. The molecular weight excluding hydrogens is 353 g/mol. The van der Waals surface area contributed by atoms with Crippen LogP contribution in [-0.4, -0.2) is 11.7 Å². The molecule has 0 spiro atoms. The zero-order chi connectivity index (χ0) is 18.5. The Balaban J connectivity index is 1.82. The Hall–Kier alpha value is -2.98. The van der Waals surface area contributed by atoms with Crippen LogP contribution < -0.4 is 5.32 Å². The van der Waals surface area contributed by atoms with E-state index in [1.807, 2.05) is 6.07 Å². The molecule has 3 aromatic carbocycles. The van der Waals surface area contributed by atoms with Crippen LogP contribution in [0.15, 0.2) is 72.8 Å². The van der Waals surface area contributed by atoms with Gasteiger partial charge in [0.15, 0.2) is 5.78 Å². The molecule has 1 N–H and O–H groups in total. The number of rotatable bonds is 5. The topological polar surface area (TPSA) is 46.2 Å². The minimum atomic E-state index is -0.359. The van der Waals surface area contributed by atoms with Crippen molar-refractivity contribution in [3.05, 3.63) is 100 Å². The first-order valence-corrected chi connectivity index (χ1v) is 8.34. The lowest BCUT2D eigenvalue weighted by molar-refractivity contribution is -0.115. The van der Waals surface area contributed by atoms with Gasteiger partial charge < -0.3 is 5.32 Å². The zero-order valence-electron chi connectivity index (χ0n) is 13.7. The molecule has 26 heavy (non-hydrogen) atoms. The van der Waals surface area contributed by atoms with Gasteiger partial charge in [-0.1, -0.05) is 54.1 Å². The van der Waals surface area contributed by atoms with Gasteiger partial charge in [0.1, 0.15) is 5.82 Å². The molecule has 0 fully saturated rings. The first kappa shape index (κ1) is 17.8. The molecule has 0 bridgehead atoms. The smallest absolute Gasteiger partial charge is 0.228 e. The summed E-state index contributed by atoms with van der Waals surface area (Å²) in [7, 11) is 0. The lowest BCUT2D eigenvalue weighted by atomic mass is 10.0. The van der Waals surface area contributed by atoms with Crippen molar-refractivity contribution in [3.8, 4) is 0 Å². The second kappa shape index (κ2) is 7.93. The second-order valence-corrected chi connectivity index (χ2v) is 6.17. The standard InChI is InChI=1S/C21H15ClFNO2/c22-16-8-11-19(18(13-16)21(26)15-4-2-1-3-5-15)24-20(25)12-14-6-9-17(23)10-7-14/h1-11,13H,12H2,(H,24,25). The summed E-state index contributed by atoms with van der Waals surface area (Å²) >= 11 is 6.03. The molecule has 0 aliphatic rings. The quantitative estimate of drug-likeness (QED) is 0.652. The van der Waals surface area contributed by atoms with E-state index in [0.717, 1.165) is 0 Å². The van der Waals surface area contributed by atoms with Crippen molar-refractivity contribution in [3.63, 3.8) is 0 Å². The van der Waals surface area contributed by atoms with Crippen molar-refractivity contribution < 1.29 is 14.0 Å². The van der Waals surface area contributed by atoms with Crippen LogP contribution in [0.2, 0.25) is 5.02 Å². The summed E-state index contributed by atoms with van der Waals surface area (Å²) in [5.41, 5.74) is 1.88. The van der Waals surface area contributed by atoms with Crippen LogP contribution in [0.3, 0.4) is 0 Å². The molecule has 0 aliphatic heterocycles. The molecule has 0 radical (unpaired) electrons. The molecule has 0 aliphatic carbocycles. The van der Waals surface area contributed by atoms with Gasteiger partial charge in [-0.25, -0.2) is 4.39 Å². The number of nitrogens with one attached hydrogen (secondary N) is 1. The van der Waals surface area contributed by atoms with Gasteiger partial charge in [-0.2, -0.15) is 0 Å². The monoisotopic (exact) mass is 367 g/mol. The molecule has 5 heteroatoms. The number of anilines is 1. The van der Waals surface area contributed by atoms with Gasteiger partial charge in [0, 0.05) is 16.1 Å². The Kier molecular flexibility index (Phi) is 5.44. The van der Waals surface area contributed by atoms with E-state index in [1.54, 1.807) is 48.5 Å². The minimum Gasteiger partial charge on any atom is -0.325 e. The number of ketones is 1. The number of hydrogen-bond acceptors (Lipinski definition) is 2. The Morgan fingerprint density at radius 3 is 2.31 bits per heavy atom. The van der Waals surface area contributed by atoms with Gasteiger partial charge in [-0.3, -0.25) is 9.59 Å². The molecular formula is C21H15ClFNO2. The second-order valence-electron chi connectivity index (χ2n) is 5.74. The number of halogens is 2. The third-order valence-electron chi connectivity index (χ3n) is 3.81. The van der Waals surface area contributed by atoms with Crippen LogP contribution in [0.4, 0.5) is 10.1 Å². The van der Waals surface area contributed by atoms with Crippen LogP contribution in [0.1, 0.15) is 21.5 Å². The van der Waals surface area contributed by atoms with E-state index in [0.29, 0.717) is 27.4 Å². The minimum absolute atomic E-state index is 0.0713. The van der Waals surface area contributed by atoms with E-state index >= 15 is 0 Å². The summed E-state index contributed by atoms with van der Waals surface area (Å²) in [5.74, 6) is -0.895. The van der Waals surface area contributed by atoms with Crippen molar-refractivity contribution in [2.75, 3.05) is 5.32 Å². The molecule has 0 atom stereocenters. The number of carbonyl (C=O) groups is 2. The van der Waals surface area contributed by atoms with Crippen LogP contribution >= 0.6 is 11.6 Å². The summed E-state index contributed by atoms with van der Waals surface area (Å²) in [6.45, 7) is 0. The summed E-state index contributed by atoms with van der Waals surface area (Å²) in [4.78, 5) is 25.1. The lowest BCUT2D eigenvalue weighted by Crippen LogP contribution is -2.17. The number of benzene rings is 3. The molecule has 0 saturated carbocycles. The molecule has 1 amide bonds. The average molecular weight is 368 g/mol. The fraction of sp³-hybridized carbons (Fsp3) is 0.0476. The molecule has 130 valence electrons. The van der Waals surface area contributed by atoms with E-state index in [1.165, 1.54) is 18.2 Å². The van der Waals surface area contributed by atoms with Gasteiger partial charge in [-0.15, -0.1) is 0 Å². The normalized spacial score (nSPS) is 10.4. The van der Waals surface area contributed by atoms with Crippen molar-refractivity contribution in [2.24, 2.45) is 0 Å². The predicted octanol–water partition coefficient (Wildman–Crippen LogP) is 4.89. The Morgan fingerprint density at radius 1 is 0.923 bits per heavy atom. The highest BCUT2D eigenvalue weighted by atomic mass is 35.5. The third-order valence-corrected chi connectivity index (χ3v) is 4.05. The van der Waals surface area contributed by atoms with Gasteiger partial charge >= 0.3 is 0 Å². The highest BCUT2D eigenvalue weighted by molar-refractivity contribution is 6.31. The van der Waals surface area contributed by atoms with Crippen LogP contribution in [-0.2, 0) is 11.2 Å². The molecule has 0 heterocycles. The Labute approximate surface area is 155 Å². The molecule has 3 rings (SSSR count). The van der Waals surface area contributed by atoms with Gasteiger partial charge in [0.05, 0.1) is 12.1 Å². The Bertz CT molecular complexity index is 940. The number of amides is 1. The zero-order valence-corrected chi connectivity index (χ0v) is 14.5. The first-order chi connectivity index (χ1) is 12.5. The van der Waals surface area contributed by atoms with E-state index in [-0.39, 0.29) is 23.9 Å². The number of carbonyl (C=O) groups excluding carboxylic acids is 2. The third kappa shape index (κ3) is 4.35. The fourth-order valence-electron chi connectivity index (χ4n) is 2.54. The summed E-state index contributed by atoms with van der Waals surface area (Å²) in [6.07, 6.45) is 0.0713. The average Bonchev–Trinajstić information content (AvgIpc) is 2.65. The van der Waals surface area contributed by atoms with Crippen LogP contribution in [0, 0.1) is 5.82 Å². The summed E-state index contributed by atoms with van der Waals surface area (Å²) < 4.78 is 13.0. The van der Waals surface area contributed by atoms with Gasteiger partial charge in [-0.05, 0) is 35.9 Å². The fourth-order valence-corrected chi connectivity index (χ4v) is 2.71. The highest BCUT2D eigenvalue weighted by Crippen LogP contribution is 2.24. The molecule has 0 unspecified atom stereocenters. The van der Waals surface area contributed by atoms with Crippen molar-refractivity contribution in [1.82, 2.24) is 0 Å². The SMILES string of the molecule is O=C(Cc1ccc(F)cc1)Nc1ccc(Cl)cc1C(=O)c1ccccc1. The van der Waals surface area contributed by atoms with E-state index in [9.17, 15) is 14.0 Å². The van der Waals surface area contributed by atoms with E-state index in [2.05, 4.69) is 5.32 Å². The van der Waals surface area contributed by atoms with Crippen molar-refractivity contribution in [1.29, 1.82) is 0 Å². The summed E-state index contributed by atoms with van der Waals surface area (Å²) in [5, 5.41) is 3.14. The maximum Gasteiger partial charge on any atom is 0.228 e. The van der Waals surface area contributed by atoms with Crippen molar-refractivity contribution >= 4 is 29.0 Å². The maximum absolute atomic E-state index is 13.0. The van der Waals surface area contributed by atoms with Crippen LogP contribution in [0.25, 0.3) is 0 Å².